The number of nitrogens with zero attached hydrogens (tertiary/aromatic N) is 5. The number of ether oxygens (including phenoxy) is 1. The summed E-state index contributed by atoms with van der Waals surface area (Å²) in [6.45, 7) is 1.66. The second-order valence-corrected chi connectivity index (χ2v) is 3.66. The smallest absolute Gasteiger partial charge is 0.313 e. The van der Waals surface area contributed by atoms with E-state index in [0.717, 1.165) is 0 Å². The van der Waals surface area contributed by atoms with Crippen molar-refractivity contribution in [2.24, 2.45) is 0 Å². The van der Waals surface area contributed by atoms with Crippen molar-refractivity contribution in [1.82, 2.24) is 15.0 Å². The van der Waals surface area contributed by atoms with Crippen molar-refractivity contribution in [3.05, 3.63) is 39.7 Å². The zero-order valence-electron chi connectivity index (χ0n) is 10.2. The van der Waals surface area contributed by atoms with Crippen LogP contribution in [0.4, 0.5) is 5.69 Å². The maximum Gasteiger partial charge on any atom is 0.313 e. The van der Waals surface area contributed by atoms with E-state index >= 15 is 0 Å². The first kappa shape index (κ1) is 12.5. The molecule has 96 valence electrons. The Bertz CT molecular complexity index is 686. The number of methoxy groups -OCH3 is 1. The van der Waals surface area contributed by atoms with Crippen molar-refractivity contribution in [3.8, 4) is 17.5 Å². The second kappa shape index (κ2) is 4.73. The lowest BCUT2D eigenvalue weighted by Gasteiger charge is -2.05. The summed E-state index contributed by atoms with van der Waals surface area (Å²) in [5, 5.41) is 27.2. The third kappa shape index (κ3) is 2.09. The molecule has 1 aromatic carbocycles. The van der Waals surface area contributed by atoms with Gasteiger partial charge in [0, 0.05) is 6.07 Å². The molecule has 0 aliphatic rings. The molecule has 0 aliphatic heterocycles. The third-order valence-electron chi connectivity index (χ3n) is 2.60. The Labute approximate surface area is 108 Å². The van der Waals surface area contributed by atoms with Crippen LogP contribution in [0.15, 0.2) is 18.2 Å². The van der Waals surface area contributed by atoms with Crippen LogP contribution in [0.25, 0.3) is 5.69 Å². The molecule has 0 atom stereocenters. The molecular weight excluding hydrogens is 250 g/mol. The zero-order valence-corrected chi connectivity index (χ0v) is 10.2. The molecule has 0 saturated carbocycles. The third-order valence-corrected chi connectivity index (χ3v) is 2.60. The molecule has 0 unspecified atom stereocenters. The summed E-state index contributed by atoms with van der Waals surface area (Å²) in [7, 11) is 1.36. The van der Waals surface area contributed by atoms with E-state index in [1.165, 1.54) is 23.9 Å². The molecule has 0 aliphatic carbocycles. The van der Waals surface area contributed by atoms with Gasteiger partial charge in [0.25, 0.3) is 0 Å². The number of nitro groups is 1. The summed E-state index contributed by atoms with van der Waals surface area (Å²) < 4.78 is 6.28. The summed E-state index contributed by atoms with van der Waals surface area (Å²) in [5.74, 6) is 0.159. The first-order chi connectivity index (χ1) is 9.08. The van der Waals surface area contributed by atoms with Crippen molar-refractivity contribution in [2.45, 2.75) is 6.92 Å². The van der Waals surface area contributed by atoms with Crippen molar-refractivity contribution in [3.63, 3.8) is 0 Å². The Morgan fingerprint density at radius 3 is 2.79 bits per heavy atom. The Hall–Kier alpha value is -2.95. The van der Waals surface area contributed by atoms with Crippen LogP contribution in [-0.4, -0.2) is 27.0 Å². The molecule has 19 heavy (non-hydrogen) atoms. The number of benzene rings is 1. The average Bonchev–Trinajstić information content (AvgIpc) is 2.79. The molecule has 0 fully saturated rings. The standard InChI is InChI=1S/C11H9N5O3/c1-7-9(6-12)13-14-15(7)8-3-4-11(19-2)10(5-8)16(17)18/h3-5H,1-2H3. The molecule has 8 nitrogen and oxygen atoms in total. The van der Waals surface area contributed by atoms with Crippen LogP contribution in [-0.2, 0) is 0 Å². The lowest BCUT2D eigenvalue weighted by Crippen LogP contribution is -2.01. The summed E-state index contributed by atoms with van der Waals surface area (Å²) in [6.07, 6.45) is 0. The molecule has 0 radical (unpaired) electrons. The van der Waals surface area contributed by atoms with E-state index in [1.807, 2.05) is 6.07 Å². The van der Waals surface area contributed by atoms with E-state index in [9.17, 15) is 10.1 Å². The predicted octanol–water partition coefficient (Wildman–Crippen LogP) is 1.36. The average molecular weight is 259 g/mol. The van der Waals surface area contributed by atoms with Crippen LogP contribution in [0.3, 0.4) is 0 Å². The molecule has 8 heteroatoms. The highest BCUT2D eigenvalue weighted by Crippen LogP contribution is 2.29. The Kier molecular flexibility index (Phi) is 3.12. The molecular formula is C11H9N5O3. The van der Waals surface area contributed by atoms with Crippen LogP contribution in [0.1, 0.15) is 11.4 Å². The Morgan fingerprint density at radius 1 is 1.53 bits per heavy atom. The van der Waals surface area contributed by atoms with E-state index in [-0.39, 0.29) is 17.1 Å². The van der Waals surface area contributed by atoms with Crippen molar-refractivity contribution in [1.29, 1.82) is 5.26 Å². The van der Waals surface area contributed by atoms with Crippen LogP contribution in [0.5, 0.6) is 5.75 Å². The van der Waals surface area contributed by atoms with Gasteiger partial charge in [0.05, 0.1) is 23.4 Å². The highest BCUT2D eigenvalue weighted by atomic mass is 16.6. The van der Waals surface area contributed by atoms with Crippen LogP contribution in [0, 0.1) is 28.4 Å². The number of nitriles is 1. The molecule has 0 saturated heterocycles. The monoisotopic (exact) mass is 259 g/mol. The highest BCUT2D eigenvalue weighted by Gasteiger charge is 2.18. The van der Waals surface area contributed by atoms with E-state index in [2.05, 4.69) is 10.3 Å². The lowest BCUT2D eigenvalue weighted by molar-refractivity contribution is -0.385. The predicted molar refractivity (Wildman–Crippen MR) is 64.0 cm³/mol. The van der Waals surface area contributed by atoms with E-state index in [0.29, 0.717) is 11.4 Å². The van der Waals surface area contributed by atoms with Gasteiger partial charge >= 0.3 is 5.69 Å². The van der Waals surface area contributed by atoms with E-state index < -0.39 is 4.92 Å². The minimum Gasteiger partial charge on any atom is -0.490 e. The minimum absolute atomic E-state index is 0.159. The molecule has 0 spiro atoms. The quantitative estimate of drug-likeness (QED) is 0.608. The first-order valence-electron chi connectivity index (χ1n) is 5.23. The fourth-order valence-electron chi connectivity index (χ4n) is 1.63. The first-order valence-corrected chi connectivity index (χ1v) is 5.23. The summed E-state index contributed by atoms with van der Waals surface area (Å²) in [6, 6.07) is 6.29. The molecule has 2 aromatic rings. The molecule has 0 amide bonds. The number of hydrogen-bond donors (Lipinski definition) is 0. The molecule has 0 bridgehead atoms. The van der Waals surface area contributed by atoms with E-state index in [1.54, 1.807) is 13.0 Å². The normalized spacial score (nSPS) is 9.95. The molecule has 0 N–H and O–H groups in total. The summed E-state index contributed by atoms with van der Waals surface area (Å²) >= 11 is 0. The van der Waals surface area contributed by atoms with Gasteiger partial charge in [-0.1, -0.05) is 5.21 Å². The Morgan fingerprint density at radius 2 is 2.26 bits per heavy atom. The molecule has 1 heterocycles. The van der Waals surface area contributed by atoms with Gasteiger partial charge in [-0.2, -0.15) is 5.26 Å². The van der Waals surface area contributed by atoms with Crippen LogP contribution >= 0.6 is 0 Å². The van der Waals surface area contributed by atoms with E-state index in [4.69, 9.17) is 10.00 Å². The van der Waals surface area contributed by atoms with Crippen LogP contribution < -0.4 is 4.74 Å². The Balaban J connectivity index is 2.58. The van der Waals surface area contributed by atoms with Gasteiger partial charge in [-0.3, -0.25) is 10.1 Å². The van der Waals surface area contributed by atoms with Gasteiger partial charge < -0.3 is 4.74 Å². The van der Waals surface area contributed by atoms with Crippen molar-refractivity contribution in [2.75, 3.05) is 7.11 Å². The molecule has 1 aromatic heterocycles. The van der Waals surface area contributed by atoms with Crippen molar-refractivity contribution < 1.29 is 9.66 Å². The number of aromatic nitrogens is 3. The maximum atomic E-state index is 10.9. The molecule has 2 rings (SSSR count). The fourth-order valence-corrected chi connectivity index (χ4v) is 1.63. The minimum atomic E-state index is -0.542. The second-order valence-electron chi connectivity index (χ2n) is 3.66. The number of hydrogen-bond acceptors (Lipinski definition) is 6. The van der Waals surface area contributed by atoms with Crippen molar-refractivity contribution >= 4 is 5.69 Å². The lowest BCUT2D eigenvalue weighted by atomic mass is 10.2. The van der Waals surface area contributed by atoms with Gasteiger partial charge in [-0.15, -0.1) is 5.10 Å². The fraction of sp³-hybridized carbons (Fsp3) is 0.182. The summed E-state index contributed by atoms with van der Waals surface area (Å²) in [4.78, 5) is 10.4. The maximum absolute atomic E-state index is 10.9. The number of rotatable bonds is 3. The largest absolute Gasteiger partial charge is 0.490 e. The summed E-state index contributed by atoms with van der Waals surface area (Å²) in [5.41, 5.74) is 0.966. The number of nitro benzene ring substituents is 1. The van der Waals surface area contributed by atoms with Gasteiger partial charge in [-0.25, -0.2) is 4.68 Å². The van der Waals surface area contributed by atoms with Gasteiger partial charge in [0.2, 0.25) is 0 Å². The highest BCUT2D eigenvalue weighted by molar-refractivity contribution is 5.53. The van der Waals surface area contributed by atoms with Gasteiger partial charge in [0.15, 0.2) is 11.4 Å². The SMILES string of the molecule is COc1ccc(-n2nnc(C#N)c2C)cc1[N+](=O)[O-]. The van der Waals surface area contributed by atoms with Crippen LogP contribution in [0.2, 0.25) is 0 Å². The van der Waals surface area contributed by atoms with Gasteiger partial charge in [0.1, 0.15) is 6.07 Å². The zero-order chi connectivity index (χ0) is 14.0. The topological polar surface area (TPSA) is 107 Å². The van der Waals surface area contributed by atoms with Gasteiger partial charge in [-0.05, 0) is 19.1 Å².